The van der Waals surface area contributed by atoms with Crippen LogP contribution in [-0.2, 0) is 9.59 Å². The monoisotopic (exact) mass is 417 g/mol. The largest absolute Gasteiger partial charge is 0.493 e. The van der Waals surface area contributed by atoms with E-state index in [4.69, 9.17) is 15.2 Å². The van der Waals surface area contributed by atoms with Crippen molar-refractivity contribution in [2.75, 3.05) is 38.9 Å². The number of hydrogen-bond donors (Lipinski definition) is 2. The fourth-order valence-electron chi connectivity index (χ4n) is 2.51. The van der Waals surface area contributed by atoms with Gasteiger partial charge in [0.25, 0.3) is 11.8 Å². The molecule has 2 aromatic rings. The van der Waals surface area contributed by atoms with Gasteiger partial charge in [-0.25, -0.2) is 0 Å². The summed E-state index contributed by atoms with van der Waals surface area (Å²) in [4.78, 5) is 38.1. The first kappa shape index (κ1) is 22.1. The second-order valence-electron chi connectivity index (χ2n) is 6.03. The highest BCUT2D eigenvalue weighted by Gasteiger charge is 2.18. The van der Waals surface area contributed by atoms with Gasteiger partial charge in [-0.05, 0) is 36.6 Å². The third kappa shape index (κ3) is 6.15. The summed E-state index contributed by atoms with van der Waals surface area (Å²) in [5.74, 6) is -0.726. The molecule has 0 unspecified atom stereocenters. The van der Waals surface area contributed by atoms with Gasteiger partial charge in [-0.15, -0.1) is 11.8 Å². The molecule has 0 aliphatic rings. The van der Waals surface area contributed by atoms with E-state index in [1.54, 1.807) is 6.07 Å². The minimum Gasteiger partial charge on any atom is -0.493 e. The van der Waals surface area contributed by atoms with Gasteiger partial charge in [0.1, 0.15) is 0 Å². The summed E-state index contributed by atoms with van der Waals surface area (Å²) in [7, 11) is 2.95. The number of nitrogens with two attached hydrogens (primary N) is 1. The van der Waals surface area contributed by atoms with Gasteiger partial charge in [0.15, 0.2) is 18.1 Å². The predicted molar refractivity (Wildman–Crippen MR) is 111 cm³/mol. The summed E-state index contributed by atoms with van der Waals surface area (Å²) >= 11 is 1.52. The van der Waals surface area contributed by atoms with Gasteiger partial charge in [0.2, 0.25) is 5.91 Å². The smallest absolute Gasteiger partial charge is 0.255 e. The number of para-hydroxylation sites is 1. The second kappa shape index (κ2) is 10.4. The lowest BCUT2D eigenvalue weighted by Crippen LogP contribution is -2.35. The van der Waals surface area contributed by atoms with Gasteiger partial charge < -0.3 is 25.4 Å². The number of nitrogens with zero attached hydrogens (tertiary/aromatic N) is 1. The molecule has 0 atom stereocenters. The van der Waals surface area contributed by atoms with Crippen LogP contribution in [0.1, 0.15) is 10.4 Å². The number of amides is 3. The Balaban J connectivity index is 2.05. The number of hydrogen-bond acceptors (Lipinski definition) is 6. The van der Waals surface area contributed by atoms with Crippen LogP contribution in [0.5, 0.6) is 11.5 Å². The number of likely N-dealkylation sites (N-methyl/N-ethyl adjacent to an activating group) is 1. The highest BCUT2D eigenvalue weighted by Crippen LogP contribution is 2.28. The number of benzene rings is 2. The molecule has 3 amide bonds. The van der Waals surface area contributed by atoms with E-state index >= 15 is 0 Å². The molecule has 0 aliphatic carbocycles. The van der Waals surface area contributed by atoms with Crippen LogP contribution < -0.4 is 20.5 Å². The van der Waals surface area contributed by atoms with E-state index in [2.05, 4.69) is 5.32 Å². The van der Waals surface area contributed by atoms with E-state index in [1.807, 2.05) is 24.5 Å². The zero-order valence-electron chi connectivity index (χ0n) is 16.4. The van der Waals surface area contributed by atoms with Gasteiger partial charge in [0, 0.05) is 17.5 Å². The SMILES string of the molecule is COc1cc(C(=O)N(C)CC(=O)Nc2ccccc2SC)ccc1OCC(N)=O. The van der Waals surface area contributed by atoms with Crippen LogP contribution in [0.2, 0.25) is 0 Å². The number of primary amides is 1. The molecule has 29 heavy (non-hydrogen) atoms. The van der Waals surface area contributed by atoms with E-state index in [9.17, 15) is 14.4 Å². The first-order valence-corrected chi connectivity index (χ1v) is 9.85. The molecule has 0 saturated heterocycles. The van der Waals surface area contributed by atoms with Crippen molar-refractivity contribution in [2.24, 2.45) is 5.73 Å². The maximum Gasteiger partial charge on any atom is 0.255 e. The Bertz CT molecular complexity index is 903. The molecule has 0 heterocycles. The maximum atomic E-state index is 12.7. The van der Waals surface area contributed by atoms with Gasteiger partial charge in [-0.1, -0.05) is 12.1 Å². The highest BCUT2D eigenvalue weighted by molar-refractivity contribution is 7.98. The Hall–Kier alpha value is -3.20. The zero-order valence-corrected chi connectivity index (χ0v) is 17.2. The molecule has 0 aromatic heterocycles. The number of anilines is 1. The minimum atomic E-state index is -0.624. The first-order chi connectivity index (χ1) is 13.8. The number of nitrogens with one attached hydrogen (secondary N) is 1. The normalized spacial score (nSPS) is 10.2. The summed E-state index contributed by atoms with van der Waals surface area (Å²) in [6, 6.07) is 12.0. The number of thioether (sulfide) groups is 1. The Morgan fingerprint density at radius 2 is 1.86 bits per heavy atom. The van der Waals surface area contributed by atoms with Crippen molar-refractivity contribution in [1.29, 1.82) is 0 Å². The van der Waals surface area contributed by atoms with Crippen LogP contribution in [0, 0.1) is 0 Å². The number of methoxy groups -OCH3 is 1. The summed E-state index contributed by atoms with van der Waals surface area (Å²) in [6.45, 7) is -0.426. The van der Waals surface area contributed by atoms with E-state index in [1.165, 1.54) is 49.0 Å². The van der Waals surface area contributed by atoms with Crippen molar-refractivity contribution in [2.45, 2.75) is 4.90 Å². The third-order valence-corrected chi connectivity index (χ3v) is 4.68. The zero-order chi connectivity index (χ0) is 21.4. The Kier molecular flexibility index (Phi) is 7.90. The molecule has 3 N–H and O–H groups in total. The first-order valence-electron chi connectivity index (χ1n) is 8.63. The van der Waals surface area contributed by atoms with Gasteiger partial charge >= 0.3 is 0 Å². The van der Waals surface area contributed by atoms with Crippen molar-refractivity contribution >= 4 is 35.2 Å². The van der Waals surface area contributed by atoms with E-state index in [-0.39, 0.29) is 36.5 Å². The van der Waals surface area contributed by atoms with Crippen molar-refractivity contribution in [3.05, 3.63) is 48.0 Å². The molecule has 154 valence electrons. The van der Waals surface area contributed by atoms with Crippen LogP contribution in [0.4, 0.5) is 5.69 Å². The minimum absolute atomic E-state index is 0.121. The maximum absolute atomic E-state index is 12.7. The van der Waals surface area contributed by atoms with E-state index < -0.39 is 5.91 Å². The lowest BCUT2D eigenvalue weighted by Gasteiger charge is -2.18. The molecular formula is C20H23N3O5S. The number of ether oxygens (including phenoxy) is 2. The highest BCUT2D eigenvalue weighted by atomic mass is 32.2. The summed E-state index contributed by atoms with van der Waals surface area (Å²) in [6.07, 6.45) is 1.92. The molecule has 0 aliphatic heterocycles. The van der Waals surface area contributed by atoms with Gasteiger partial charge in [-0.3, -0.25) is 14.4 Å². The number of carbonyl (C=O) groups excluding carboxylic acids is 3. The molecule has 8 nitrogen and oxygen atoms in total. The molecule has 2 aromatic carbocycles. The molecule has 0 saturated carbocycles. The van der Waals surface area contributed by atoms with Crippen molar-refractivity contribution in [3.8, 4) is 11.5 Å². The molecule has 2 rings (SSSR count). The lowest BCUT2D eigenvalue weighted by atomic mass is 10.1. The molecule has 0 fully saturated rings. The third-order valence-electron chi connectivity index (χ3n) is 3.89. The fourth-order valence-corrected chi connectivity index (χ4v) is 3.07. The molecular weight excluding hydrogens is 394 g/mol. The average molecular weight is 417 g/mol. The summed E-state index contributed by atoms with van der Waals surface area (Å²) in [5.41, 5.74) is 6.08. The van der Waals surface area contributed by atoms with Crippen molar-refractivity contribution in [1.82, 2.24) is 4.90 Å². The summed E-state index contributed by atoms with van der Waals surface area (Å²) in [5, 5.41) is 2.82. The predicted octanol–water partition coefficient (Wildman–Crippen LogP) is 1.99. The molecule has 9 heteroatoms. The average Bonchev–Trinajstić information content (AvgIpc) is 2.71. The van der Waals surface area contributed by atoms with Gasteiger partial charge in [-0.2, -0.15) is 0 Å². The van der Waals surface area contributed by atoms with Crippen LogP contribution in [0.3, 0.4) is 0 Å². The van der Waals surface area contributed by atoms with Crippen molar-refractivity contribution in [3.63, 3.8) is 0 Å². The molecule has 0 bridgehead atoms. The lowest BCUT2D eigenvalue weighted by molar-refractivity contribution is -0.120. The van der Waals surface area contributed by atoms with Crippen LogP contribution in [-0.4, -0.2) is 56.2 Å². The van der Waals surface area contributed by atoms with Crippen LogP contribution >= 0.6 is 11.8 Å². The van der Waals surface area contributed by atoms with Crippen molar-refractivity contribution < 1.29 is 23.9 Å². The Morgan fingerprint density at radius 1 is 1.14 bits per heavy atom. The van der Waals surface area contributed by atoms with Gasteiger partial charge in [0.05, 0.1) is 19.3 Å². The fraction of sp³-hybridized carbons (Fsp3) is 0.250. The quantitative estimate of drug-likeness (QED) is 0.604. The molecule has 0 radical (unpaired) electrons. The Morgan fingerprint density at radius 3 is 2.52 bits per heavy atom. The summed E-state index contributed by atoms with van der Waals surface area (Å²) < 4.78 is 10.5. The molecule has 0 spiro atoms. The van der Waals surface area contributed by atoms with E-state index in [0.29, 0.717) is 11.3 Å². The number of carbonyl (C=O) groups is 3. The number of rotatable bonds is 9. The standard InChI is InChI=1S/C20H23N3O5S/c1-23(11-19(25)22-14-6-4-5-7-17(14)29-3)20(26)13-8-9-15(16(10-13)27-2)28-12-18(21)24/h4-10H,11-12H2,1-3H3,(H2,21,24)(H,22,25). The Labute approximate surface area is 173 Å². The van der Waals surface area contributed by atoms with Crippen LogP contribution in [0.25, 0.3) is 0 Å². The topological polar surface area (TPSA) is 111 Å². The van der Waals surface area contributed by atoms with Crippen LogP contribution in [0.15, 0.2) is 47.4 Å². The van der Waals surface area contributed by atoms with E-state index in [0.717, 1.165) is 4.90 Å². The second-order valence-corrected chi connectivity index (χ2v) is 6.88.